The average molecular weight is 599 g/mol. The Morgan fingerprint density at radius 1 is 1.32 bits per heavy atom. The number of nitrogens with zero attached hydrogens (tertiary/aromatic N) is 4. The number of β-lactam (4-membered cyclic amide) rings is 1. The Hall–Kier alpha value is -4.16. The third-order valence-electron chi connectivity index (χ3n) is 5.67. The molecule has 1 aromatic heterocycles. The molecule has 0 unspecified atom stereocenters. The largest absolute Gasteiger partial charge is 0.458 e. The van der Waals surface area contributed by atoms with Gasteiger partial charge in [-0.2, -0.15) is 8.42 Å². The molecule has 1 fully saturated rings. The number of carbonyl (C=O) groups is 3. The number of nitro groups is 1. The number of hydrogen-bond donors (Lipinski definition) is 3. The van der Waals surface area contributed by atoms with Crippen LogP contribution in [0.15, 0.2) is 34.8 Å². The first kappa shape index (κ1) is 30.4. The van der Waals surface area contributed by atoms with E-state index in [0.29, 0.717) is 5.56 Å². The van der Waals surface area contributed by atoms with E-state index in [4.69, 9.17) is 15.3 Å². The van der Waals surface area contributed by atoms with Gasteiger partial charge in [-0.05, 0) is 37.5 Å². The molecular weight excluding hydrogens is 572 g/mol. The number of non-ortho nitro benzene ring substituents is 1. The maximum Gasteiger partial charge on any atom is 0.362 e. The fourth-order valence-corrected chi connectivity index (χ4v) is 5.16. The number of amides is 2. The van der Waals surface area contributed by atoms with E-state index < -0.39 is 62.3 Å². The minimum absolute atomic E-state index is 0.0467. The molecule has 18 heteroatoms. The van der Waals surface area contributed by atoms with E-state index in [1.807, 2.05) is 0 Å². The Morgan fingerprint density at radius 3 is 2.45 bits per heavy atom. The second kappa shape index (κ2) is 11.5. The molecule has 4 N–H and O–H groups in total. The fourth-order valence-electron chi connectivity index (χ4n) is 3.60. The van der Waals surface area contributed by atoms with E-state index in [9.17, 15) is 37.5 Å². The minimum Gasteiger partial charge on any atom is -0.458 e. The summed E-state index contributed by atoms with van der Waals surface area (Å²) in [4.78, 5) is 57.8. The van der Waals surface area contributed by atoms with Crippen LogP contribution in [0.5, 0.6) is 0 Å². The number of benzene rings is 1. The van der Waals surface area contributed by atoms with Crippen LogP contribution in [0.1, 0.15) is 39.0 Å². The van der Waals surface area contributed by atoms with Crippen LogP contribution in [0.3, 0.4) is 0 Å². The third-order valence-corrected chi connectivity index (χ3v) is 7.26. The number of ether oxygens (including phenoxy) is 1. The summed E-state index contributed by atoms with van der Waals surface area (Å²) < 4.78 is 38.1. The highest BCUT2D eigenvalue weighted by atomic mass is 32.2. The van der Waals surface area contributed by atoms with E-state index in [1.54, 1.807) is 13.8 Å². The normalized spacial score (nSPS) is 17.8. The van der Waals surface area contributed by atoms with Crippen molar-refractivity contribution >= 4 is 56.0 Å². The zero-order chi connectivity index (χ0) is 30.0. The van der Waals surface area contributed by atoms with Crippen LogP contribution in [-0.2, 0) is 40.9 Å². The first-order chi connectivity index (χ1) is 18.5. The van der Waals surface area contributed by atoms with Gasteiger partial charge in [0.2, 0.25) is 5.60 Å². The topological polar surface area (TPSA) is 234 Å². The summed E-state index contributed by atoms with van der Waals surface area (Å²) in [5, 5.41) is 18.4. The first-order valence-corrected chi connectivity index (χ1v) is 13.8. The fraction of sp³-hybridized carbons (Fsp3) is 0.409. The molecule has 16 nitrogen and oxygen atoms in total. The predicted molar refractivity (Wildman–Crippen MR) is 140 cm³/mol. The number of nitrogens with two attached hydrogens (primary N) is 1. The molecule has 1 aliphatic heterocycles. The van der Waals surface area contributed by atoms with Crippen LogP contribution < -0.4 is 11.1 Å². The monoisotopic (exact) mass is 598 g/mol. The number of oxime groups is 1. The molecule has 0 spiro atoms. The van der Waals surface area contributed by atoms with Gasteiger partial charge in [-0.1, -0.05) is 19.0 Å². The van der Waals surface area contributed by atoms with Crippen molar-refractivity contribution in [2.75, 3.05) is 5.73 Å². The second-order valence-corrected chi connectivity index (χ2v) is 11.6. The van der Waals surface area contributed by atoms with E-state index >= 15 is 0 Å². The molecule has 0 bridgehead atoms. The molecule has 216 valence electrons. The highest BCUT2D eigenvalue weighted by Gasteiger charge is 2.55. The first-order valence-electron chi connectivity index (χ1n) is 11.5. The lowest BCUT2D eigenvalue weighted by Gasteiger charge is -2.46. The van der Waals surface area contributed by atoms with Gasteiger partial charge in [0.1, 0.15) is 18.3 Å². The summed E-state index contributed by atoms with van der Waals surface area (Å²) in [5.74, 6) is -3.40. The number of nitrogens with one attached hydrogen (secondary N) is 1. The van der Waals surface area contributed by atoms with Gasteiger partial charge >= 0.3 is 16.3 Å². The van der Waals surface area contributed by atoms with Gasteiger partial charge in [-0.3, -0.25) is 24.3 Å². The molecule has 0 aliphatic carbocycles. The van der Waals surface area contributed by atoms with Crippen LogP contribution in [0, 0.1) is 16.0 Å². The zero-order valence-electron chi connectivity index (χ0n) is 21.6. The molecule has 2 atom stereocenters. The number of nitro benzene ring substituents is 1. The highest BCUT2D eigenvalue weighted by molar-refractivity contribution is 7.84. The van der Waals surface area contributed by atoms with Crippen molar-refractivity contribution in [2.24, 2.45) is 11.1 Å². The molecule has 1 aliphatic rings. The molecule has 2 aromatic rings. The average Bonchev–Trinajstić information content (AvgIpc) is 3.28. The van der Waals surface area contributed by atoms with Crippen LogP contribution in [0.4, 0.5) is 10.8 Å². The van der Waals surface area contributed by atoms with Crippen LogP contribution in [0.2, 0.25) is 0 Å². The second-order valence-electron chi connectivity index (χ2n) is 9.41. The molecular formula is C22H26N6O10S2. The van der Waals surface area contributed by atoms with Crippen molar-refractivity contribution in [2.45, 2.75) is 52.0 Å². The molecule has 0 radical (unpaired) electrons. The van der Waals surface area contributed by atoms with E-state index in [2.05, 4.69) is 15.5 Å². The van der Waals surface area contributed by atoms with Gasteiger partial charge in [-0.15, -0.1) is 11.3 Å². The van der Waals surface area contributed by atoms with Gasteiger partial charge in [-0.25, -0.2) is 14.1 Å². The molecule has 1 aromatic carbocycles. The lowest BCUT2D eigenvalue weighted by atomic mass is 9.88. The number of hydrogen-bond acceptors (Lipinski definition) is 13. The summed E-state index contributed by atoms with van der Waals surface area (Å²) in [6, 6.07) is 2.97. The van der Waals surface area contributed by atoms with Crippen molar-refractivity contribution < 1.29 is 41.9 Å². The molecule has 2 amide bonds. The van der Waals surface area contributed by atoms with Crippen molar-refractivity contribution in [3.05, 3.63) is 51.0 Å². The quantitative estimate of drug-likeness (QED) is 0.0821. The van der Waals surface area contributed by atoms with Gasteiger partial charge in [0.05, 0.1) is 11.0 Å². The zero-order valence-corrected chi connectivity index (χ0v) is 23.3. The predicted octanol–water partition coefficient (Wildman–Crippen LogP) is 1.03. The Balaban J connectivity index is 1.76. The number of anilines is 1. The summed E-state index contributed by atoms with van der Waals surface area (Å²) >= 11 is 0.976. The van der Waals surface area contributed by atoms with Gasteiger partial charge in [0.25, 0.3) is 17.5 Å². The summed E-state index contributed by atoms with van der Waals surface area (Å²) in [7, 11) is -4.85. The van der Waals surface area contributed by atoms with E-state index in [0.717, 1.165) is 11.3 Å². The Labute approximate surface area is 232 Å². The third kappa shape index (κ3) is 6.69. The number of aromatic nitrogens is 1. The molecule has 40 heavy (non-hydrogen) atoms. The Kier molecular flexibility index (Phi) is 8.75. The number of carbonyl (C=O) groups excluding carboxylic acids is 3. The van der Waals surface area contributed by atoms with Crippen molar-refractivity contribution in [3.8, 4) is 0 Å². The Bertz CT molecular complexity index is 1450. The van der Waals surface area contributed by atoms with E-state index in [1.165, 1.54) is 43.5 Å². The van der Waals surface area contributed by atoms with Crippen LogP contribution >= 0.6 is 11.3 Å². The molecule has 3 rings (SSSR count). The van der Waals surface area contributed by atoms with E-state index in [-0.39, 0.29) is 27.4 Å². The van der Waals surface area contributed by atoms with Gasteiger partial charge in [0, 0.05) is 17.5 Å². The smallest absolute Gasteiger partial charge is 0.362 e. The van der Waals surface area contributed by atoms with Gasteiger partial charge in [0.15, 0.2) is 10.8 Å². The summed E-state index contributed by atoms with van der Waals surface area (Å²) in [6.07, 6.45) is 0. The molecule has 2 heterocycles. The van der Waals surface area contributed by atoms with Crippen LogP contribution in [0.25, 0.3) is 0 Å². The minimum atomic E-state index is -4.85. The SMILES string of the molecule is CC(C)[C@H]1[C@@H](NC(=O)/C(=N\OC(C)(C)C(=O)OCc2ccc([N+](=O)[O-])cc2)c2csc(N)n2)C(=O)N1S(=O)(=O)O. The maximum atomic E-state index is 13.2. The standard InChI is InChI=1S/C22H26N6O10S2/c1-11(2)17-16(19(30)27(17)40(34,35)36)25-18(29)15(14-10-39-21(23)24-14)26-38-22(3,4)20(31)37-9-12-5-7-13(8-6-12)28(32)33/h5-8,10-11,16-17H,9H2,1-4H3,(H2,23,24)(H,25,29)(H,34,35,36)/b26-15-/t16-,17+/m1/s1. The molecule has 0 saturated carbocycles. The van der Waals surface area contributed by atoms with Gasteiger partial charge < -0.3 is 20.6 Å². The highest BCUT2D eigenvalue weighted by Crippen LogP contribution is 2.29. The Morgan fingerprint density at radius 2 is 1.95 bits per heavy atom. The van der Waals surface area contributed by atoms with Crippen molar-refractivity contribution in [1.29, 1.82) is 0 Å². The maximum absolute atomic E-state index is 13.2. The number of thiazole rings is 1. The van der Waals surface area contributed by atoms with Crippen LogP contribution in [-0.4, -0.2) is 68.4 Å². The lowest BCUT2D eigenvalue weighted by molar-refractivity contribution is -0.384. The van der Waals surface area contributed by atoms with Crippen molar-refractivity contribution in [1.82, 2.24) is 14.6 Å². The summed E-state index contributed by atoms with van der Waals surface area (Å²) in [5.41, 5.74) is 3.76. The summed E-state index contributed by atoms with van der Waals surface area (Å²) in [6.45, 7) is 5.59. The number of nitrogen functional groups attached to an aromatic ring is 1. The lowest BCUT2D eigenvalue weighted by Crippen LogP contribution is -2.73. The number of esters is 1. The van der Waals surface area contributed by atoms with Crippen molar-refractivity contribution in [3.63, 3.8) is 0 Å². The number of rotatable bonds is 11. The molecule has 1 saturated heterocycles.